The van der Waals surface area contributed by atoms with Crippen molar-refractivity contribution in [1.29, 1.82) is 0 Å². The summed E-state index contributed by atoms with van der Waals surface area (Å²) in [4.78, 5) is 28.2. The molecule has 1 aliphatic heterocycles. The first-order valence-electron chi connectivity index (χ1n) is 9.82. The summed E-state index contributed by atoms with van der Waals surface area (Å²) in [6.07, 6.45) is 0. The first-order valence-corrected chi connectivity index (χ1v) is 10.2. The number of carbonyl (C=O) groups is 2. The van der Waals surface area contributed by atoms with Gasteiger partial charge in [-0.3, -0.25) is 4.79 Å². The number of hydrogen-bond donors (Lipinski definition) is 0. The summed E-state index contributed by atoms with van der Waals surface area (Å²) in [6, 6.07) is 16.8. The van der Waals surface area contributed by atoms with Crippen LogP contribution in [0.25, 0.3) is 11.3 Å². The maximum Gasteiger partial charge on any atom is 0.374 e. The standard InChI is InChI=1S/C23H20ClFN2O4/c24-17-6-2-1-5-16(17)20-9-10-21(31-20)23(29)30-15-22(28)27-13-11-26(12-14-27)19-8-4-3-7-18(19)25/h1-10H,11-15H2. The normalized spacial score (nSPS) is 13.9. The Hall–Kier alpha value is -3.32. The number of benzene rings is 2. The Kier molecular flexibility index (Phi) is 6.23. The van der Waals surface area contributed by atoms with Crippen LogP contribution in [0.4, 0.5) is 10.1 Å². The third-order valence-electron chi connectivity index (χ3n) is 5.10. The number of carbonyl (C=O) groups excluding carboxylic acids is 2. The molecule has 1 amide bonds. The Bertz CT molecular complexity index is 1090. The zero-order valence-corrected chi connectivity index (χ0v) is 17.3. The van der Waals surface area contributed by atoms with Gasteiger partial charge in [0.05, 0.1) is 10.7 Å². The Morgan fingerprint density at radius 3 is 2.42 bits per heavy atom. The van der Waals surface area contributed by atoms with Gasteiger partial charge in [0.15, 0.2) is 6.61 Å². The summed E-state index contributed by atoms with van der Waals surface area (Å²) in [6.45, 7) is 1.45. The number of esters is 1. The maximum atomic E-state index is 13.9. The van der Waals surface area contributed by atoms with Crippen LogP contribution in [0.5, 0.6) is 0 Å². The number of piperazine rings is 1. The van der Waals surface area contributed by atoms with Crippen LogP contribution < -0.4 is 4.90 Å². The average Bonchev–Trinajstić information content (AvgIpc) is 3.28. The van der Waals surface area contributed by atoms with Crippen LogP contribution in [-0.2, 0) is 9.53 Å². The van der Waals surface area contributed by atoms with E-state index >= 15 is 0 Å². The summed E-state index contributed by atoms with van der Waals surface area (Å²) in [5.41, 5.74) is 1.18. The van der Waals surface area contributed by atoms with E-state index in [-0.39, 0.29) is 24.1 Å². The van der Waals surface area contributed by atoms with Gasteiger partial charge in [-0.2, -0.15) is 0 Å². The lowest BCUT2D eigenvalue weighted by atomic mass is 10.2. The largest absolute Gasteiger partial charge is 0.450 e. The molecule has 4 rings (SSSR count). The van der Waals surface area contributed by atoms with Crippen molar-refractivity contribution in [2.45, 2.75) is 0 Å². The summed E-state index contributed by atoms with van der Waals surface area (Å²) < 4.78 is 24.6. The molecule has 0 aliphatic carbocycles. The number of nitrogens with zero attached hydrogens (tertiary/aromatic N) is 2. The number of halogens is 2. The van der Waals surface area contributed by atoms with Gasteiger partial charge in [-0.25, -0.2) is 9.18 Å². The van der Waals surface area contributed by atoms with E-state index in [1.807, 2.05) is 11.0 Å². The lowest BCUT2D eigenvalue weighted by molar-refractivity contribution is -0.134. The molecule has 3 aromatic rings. The molecule has 6 nitrogen and oxygen atoms in total. The van der Waals surface area contributed by atoms with Crippen molar-refractivity contribution in [3.8, 4) is 11.3 Å². The molecule has 1 saturated heterocycles. The highest BCUT2D eigenvalue weighted by Crippen LogP contribution is 2.29. The van der Waals surface area contributed by atoms with Gasteiger partial charge in [0.25, 0.3) is 5.91 Å². The molecule has 1 aliphatic rings. The van der Waals surface area contributed by atoms with E-state index in [9.17, 15) is 14.0 Å². The summed E-state index contributed by atoms with van der Waals surface area (Å²) in [7, 11) is 0. The molecule has 2 heterocycles. The molecule has 160 valence electrons. The number of anilines is 1. The van der Waals surface area contributed by atoms with E-state index in [0.717, 1.165) is 0 Å². The number of para-hydroxylation sites is 1. The second kappa shape index (κ2) is 9.22. The van der Waals surface area contributed by atoms with Crippen LogP contribution in [0, 0.1) is 5.82 Å². The Morgan fingerprint density at radius 2 is 1.68 bits per heavy atom. The SMILES string of the molecule is O=C(OCC(=O)N1CCN(c2ccccc2F)CC1)c1ccc(-c2ccccc2Cl)o1. The molecular weight excluding hydrogens is 423 g/mol. The van der Waals surface area contributed by atoms with Gasteiger partial charge in [0.2, 0.25) is 5.76 Å². The molecule has 0 bridgehead atoms. The predicted octanol–water partition coefficient (Wildman–Crippen LogP) is 4.24. The zero-order valence-electron chi connectivity index (χ0n) is 16.6. The first-order chi connectivity index (χ1) is 15.0. The second-order valence-corrected chi connectivity index (χ2v) is 7.45. The van der Waals surface area contributed by atoms with Crippen molar-refractivity contribution in [3.63, 3.8) is 0 Å². The van der Waals surface area contributed by atoms with Crippen LogP contribution in [0.1, 0.15) is 10.6 Å². The number of amides is 1. The van der Waals surface area contributed by atoms with Crippen molar-refractivity contribution in [3.05, 3.63) is 77.3 Å². The van der Waals surface area contributed by atoms with E-state index in [1.54, 1.807) is 47.4 Å². The number of hydrogen-bond acceptors (Lipinski definition) is 5. The average molecular weight is 443 g/mol. The Morgan fingerprint density at radius 1 is 0.968 bits per heavy atom. The molecule has 0 spiro atoms. The lowest BCUT2D eigenvalue weighted by Crippen LogP contribution is -2.50. The molecule has 1 fully saturated rings. The van der Waals surface area contributed by atoms with Crippen LogP contribution >= 0.6 is 11.6 Å². The van der Waals surface area contributed by atoms with Gasteiger partial charge in [0, 0.05) is 31.7 Å². The zero-order chi connectivity index (χ0) is 21.8. The molecular formula is C23H20ClFN2O4. The van der Waals surface area contributed by atoms with Crippen molar-refractivity contribution in [2.24, 2.45) is 0 Å². The van der Waals surface area contributed by atoms with Crippen LogP contribution in [0.2, 0.25) is 5.02 Å². The first kappa shape index (κ1) is 20.9. The highest BCUT2D eigenvalue weighted by atomic mass is 35.5. The van der Waals surface area contributed by atoms with Crippen LogP contribution in [0.3, 0.4) is 0 Å². The third kappa shape index (κ3) is 4.72. The van der Waals surface area contributed by atoms with Gasteiger partial charge in [-0.15, -0.1) is 0 Å². The summed E-state index contributed by atoms with van der Waals surface area (Å²) in [5.74, 6) is -0.887. The molecule has 0 unspecified atom stereocenters. The van der Waals surface area contributed by atoms with Crippen LogP contribution in [-0.4, -0.2) is 49.6 Å². The summed E-state index contributed by atoms with van der Waals surface area (Å²) in [5, 5.41) is 0.501. The third-order valence-corrected chi connectivity index (χ3v) is 5.43. The highest BCUT2D eigenvalue weighted by molar-refractivity contribution is 6.33. The van der Waals surface area contributed by atoms with Crippen molar-refractivity contribution >= 4 is 29.2 Å². The molecule has 0 radical (unpaired) electrons. The fraction of sp³-hybridized carbons (Fsp3) is 0.217. The molecule has 2 aromatic carbocycles. The van der Waals surface area contributed by atoms with Crippen molar-refractivity contribution in [1.82, 2.24) is 4.90 Å². The topological polar surface area (TPSA) is 63.0 Å². The minimum atomic E-state index is -0.725. The van der Waals surface area contributed by atoms with E-state index in [0.29, 0.717) is 48.2 Å². The maximum absolute atomic E-state index is 13.9. The summed E-state index contributed by atoms with van der Waals surface area (Å²) >= 11 is 6.14. The number of ether oxygens (including phenoxy) is 1. The lowest BCUT2D eigenvalue weighted by Gasteiger charge is -2.36. The van der Waals surface area contributed by atoms with Crippen LogP contribution in [0.15, 0.2) is 65.1 Å². The predicted molar refractivity (Wildman–Crippen MR) is 115 cm³/mol. The molecule has 0 atom stereocenters. The minimum Gasteiger partial charge on any atom is -0.450 e. The van der Waals surface area contributed by atoms with E-state index in [2.05, 4.69) is 0 Å². The quantitative estimate of drug-likeness (QED) is 0.553. The molecule has 8 heteroatoms. The Labute approximate surface area is 183 Å². The van der Waals surface area contributed by atoms with Gasteiger partial charge < -0.3 is 19.0 Å². The molecule has 1 aromatic heterocycles. The van der Waals surface area contributed by atoms with Crippen molar-refractivity contribution in [2.75, 3.05) is 37.7 Å². The molecule has 31 heavy (non-hydrogen) atoms. The molecule has 0 saturated carbocycles. The van der Waals surface area contributed by atoms with Gasteiger partial charge >= 0.3 is 5.97 Å². The molecule has 0 N–H and O–H groups in total. The van der Waals surface area contributed by atoms with Crippen molar-refractivity contribution < 1.29 is 23.1 Å². The van der Waals surface area contributed by atoms with Gasteiger partial charge in [0.1, 0.15) is 11.6 Å². The van der Waals surface area contributed by atoms with E-state index < -0.39 is 5.97 Å². The number of furan rings is 1. The van der Waals surface area contributed by atoms with E-state index in [4.69, 9.17) is 20.8 Å². The Balaban J connectivity index is 1.29. The smallest absolute Gasteiger partial charge is 0.374 e. The highest BCUT2D eigenvalue weighted by Gasteiger charge is 2.24. The minimum absolute atomic E-state index is 0.00732. The second-order valence-electron chi connectivity index (χ2n) is 7.04. The fourth-order valence-electron chi connectivity index (χ4n) is 3.45. The van der Waals surface area contributed by atoms with Gasteiger partial charge in [-0.1, -0.05) is 35.9 Å². The monoisotopic (exact) mass is 442 g/mol. The fourth-order valence-corrected chi connectivity index (χ4v) is 3.68. The van der Waals surface area contributed by atoms with Gasteiger partial charge in [-0.05, 0) is 36.4 Å². The van der Waals surface area contributed by atoms with E-state index in [1.165, 1.54) is 12.1 Å². The number of rotatable bonds is 5.